The van der Waals surface area contributed by atoms with Crippen LogP contribution in [0.15, 0.2) is 54.6 Å². The average molecular weight is 523 g/mol. The topological polar surface area (TPSA) is 96.4 Å². The van der Waals surface area contributed by atoms with Gasteiger partial charge >= 0.3 is 5.97 Å². The van der Waals surface area contributed by atoms with E-state index in [1.807, 2.05) is 75.4 Å². The summed E-state index contributed by atoms with van der Waals surface area (Å²) in [4.78, 5) is 45.6. The van der Waals surface area contributed by atoms with Crippen molar-refractivity contribution < 1.29 is 29.0 Å². The Kier molecular flexibility index (Phi) is 7.22. The molecule has 8 nitrogen and oxygen atoms in total. The Balaban J connectivity index is 1.64. The number of fused-ring (bicyclic) bond motifs is 2. The van der Waals surface area contributed by atoms with Crippen LogP contribution in [0.5, 0.6) is 0 Å². The number of allylic oxidation sites excluding steroid dienone is 1. The molecule has 4 heterocycles. The van der Waals surface area contributed by atoms with E-state index < -0.39 is 41.1 Å². The number of carbonyl (C=O) groups excluding carboxylic acids is 3. The van der Waals surface area contributed by atoms with Gasteiger partial charge in [-0.15, -0.1) is 0 Å². The Labute approximate surface area is 224 Å². The fourth-order valence-corrected chi connectivity index (χ4v) is 6.71. The van der Waals surface area contributed by atoms with Gasteiger partial charge < -0.3 is 24.4 Å². The van der Waals surface area contributed by atoms with Crippen molar-refractivity contribution >= 4 is 17.8 Å². The highest BCUT2D eigenvalue weighted by Crippen LogP contribution is 2.57. The average Bonchev–Trinajstić information content (AvgIpc) is 3.22. The van der Waals surface area contributed by atoms with Gasteiger partial charge in [0.05, 0.1) is 30.8 Å². The molecule has 1 N–H and O–H groups in total. The monoisotopic (exact) mass is 522 g/mol. The number of amides is 2. The van der Waals surface area contributed by atoms with Crippen LogP contribution >= 0.6 is 0 Å². The van der Waals surface area contributed by atoms with Crippen molar-refractivity contribution in [2.45, 2.75) is 69.9 Å². The lowest BCUT2D eigenvalue weighted by Crippen LogP contribution is -2.59. The molecule has 0 radical (unpaired) electrons. The van der Waals surface area contributed by atoms with E-state index in [0.29, 0.717) is 13.1 Å². The summed E-state index contributed by atoms with van der Waals surface area (Å²) in [5, 5.41) is 10.4. The van der Waals surface area contributed by atoms with Crippen molar-refractivity contribution in [3.63, 3.8) is 0 Å². The van der Waals surface area contributed by atoms with Crippen LogP contribution in [-0.4, -0.2) is 75.7 Å². The second-order valence-electron chi connectivity index (χ2n) is 11.4. The predicted octanol–water partition coefficient (Wildman–Crippen LogP) is 2.86. The molecule has 6 atom stereocenters. The first kappa shape index (κ1) is 26.6. The van der Waals surface area contributed by atoms with E-state index in [0.717, 1.165) is 24.8 Å². The molecular formula is C30H38N2O6. The molecule has 0 saturated carbocycles. The lowest BCUT2D eigenvalue weighted by atomic mass is 9.74. The first-order chi connectivity index (χ1) is 18.2. The zero-order chi connectivity index (χ0) is 27.1. The van der Waals surface area contributed by atoms with Gasteiger partial charge in [0.1, 0.15) is 17.6 Å². The number of carbonyl (C=O) groups is 3. The largest absolute Gasteiger partial charge is 0.465 e. The molecular weight excluding hydrogens is 484 g/mol. The summed E-state index contributed by atoms with van der Waals surface area (Å²) < 4.78 is 12.5. The van der Waals surface area contributed by atoms with Gasteiger partial charge in [0.25, 0.3) is 0 Å². The smallest absolute Gasteiger partial charge is 0.313 e. The molecule has 38 heavy (non-hydrogen) atoms. The van der Waals surface area contributed by atoms with Crippen molar-refractivity contribution in [1.29, 1.82) is 0 Å². The van der Waals surface area contributed by atoms with Gasteiger partial charge in [-0.1, -0.05) is 68.5 Å². The number of hydrogen-bond donors (Lipinski definition) is 1. The number of nitrogens with zero attached hydrogens (tertiary/aromatic N) is 2. The molecule has 1 spiro atoms. The van der Waals surface area contributed by atoms with Crippen molar-refractivity contribution in [3.8, 4) is 0 Å². The first-order valence-electron chi connectivity index (χ1n) is 13.7. The maximum Gasteiger partial charge on any atom is 0.313 e. The molecule has 2 fully saturated rings. The lowest BCUT2D eigenvalue weighted by Gasteiger charge is -2.41. The zero-order valence-corrected chi connectivity index (χ0v) is 22.4. The van der Waals surface area contributed by atoms with Crippen LogP contribution in [0.1, 0.15) is 45.6 Å². The summed E-state index contributed by atoms with van der Waals surface area (Å²) in [5.74, 6) is -3.06. The molecule has 2 amide bonds. The minimum atomic E-state index is -1.36. The van der Waals surface area contributed by atoms with E-state index in [-0.39, 0.29) is 30.9 Å². The van der Waals surface area contributed by atoms with E-state index in [1.54, 1.807) is 4.90 Å². The van der Waals surface area contributed by atoms with Crippen molar-refractivity contribution in [2.24, 2.45) is 17.8 Å². The van der Waals surface area contributed by atoms with Gasteiger partial charge in [0, 0.05) is 13.1 Å². The van der Waals surface area contributed by atoms with Crippen LogP contribution in [0.25, 0.3) is 0 Å². The van der Waals surface area contributed by atoms with E-state index in [4.69, 9.17) is 9.47 Å². The summed E-state index contributed by atoms with van der Waals surface area (Å²) in [6.45, 7) is 6.35. The number of aliphatic hydroxyl groups is 1. The third-order valence-corrected chi connectivity index (χ3v) is 8.55. The standard InChI is InChI=1S/C30H38N2O6/c1-20(2)22(19-33)32-25-27(35)31(18-21-12-7-6-8-13-21)16-11-15-30(25)23(26(32)34)24-28(36)37-17-10-5-4-9-14-29(24,3)38-30/h6-9,11-15,20,22-25,33H,4-5,10,16-19H2,1-3H3/b14-9-/t22-,23-,24+,25?,29-,30-/m0/s1. The summed E-state index contributed by atoms with van der Waals surface area (Å²) >= 11 is 0. The van der Waals surface area contributed by atoms with Crippen LogP contribution < -0.4 is 0 Å². The van der Waals surface area contributed by atoms with Crippen molar-refractivity contribution in [1.82, 2.24) is 9.80 Å². The molecule has 1 aromatic rings. The third kappa shape index (κ3) is 4.28. The molecule has 5 rings (SSSR count). The van der Waals surface area contributed by atoms with E-state index in [9.17, 15) is 19.5 Å². The summed E-state index contributed by atoms with van der Waals surface area (Å²) in [5.41, 5.74) is -1.51. The number of hydrogen-bond acceptors (Lipinski definition) is 6. The number of rotatable bonds is 5. The van der Waals surface area contributed by atoms with Crippen LogP contribution in [0.2, 0.25) is 0 Å². The quantitative estimate of drug-likeness (QED) is 0.472. The Morgan fingerprint density at radius 1 is 1.03 bits per heavy atom. The summed E-state index contributed by atoms with van der Waals surface area (Å²) in [7, 11) is 0. The number of benzene rings is 1. The van der Waals surface area contributed by atoms with Crippen LogP contribution in [0, 0.1) is 17.8 Å². The molecule has 0 aliphatic carbocycles. The number of cyclic esters (lactones) is 1. The maximum absolute atomic E-state index is 14.4. The highest BCUT2D eigenvalue weighted by molar-refractivity contribution is 5.99. The lowest BCUT2D eigenvalue weighted by molar-refractivity contribution is -0.162. The minimum absolute atomic E-state index is 0.121. The van der Waals surface area contributed by atoms with Gasteiger partial charge in [0.2, 0.25) is 11.8 Å². The highest BCUT2D eigenvalue weighted by Gasteiger charge is 2.75. The highest BCUT2D eigenvalue weighted by atomic mass is 16.6. The van der Waals surface area contributed by atoms with E-state index in [1.165, 1.54) is 4.90 Å². The second-order valence-corrected chi connectivity index (χ2v) is 11.4. The summed E-state index contributed by atoms with van der Waals surface area (Å²) in [6, 6.07) is 8.09. The van der Waals surface area contributed by atoms with Crippen LogP contribution in [0.4, 0.5) is 0 Å². The van der Waals surface area contributed by atoms with Gasteiger partial charge in [-0.05, 0) is 37.7 Å². The molecule has 4 aliphatic heterocycles. The number of likely N-dealkylation sites (tertiary alicyclic amines) is 1. The third-order valence-electron chi connectivity index (χ3n) is 8.55. The molecule has 1 aromatic carbocycles. The predicted molar refractivity (Wildman–Crippen MR) is 140 cm³/mol. The Morgan fingerprint density at radius 3 is 2.50 bits per heavy atom. The molecule has 2 saturated heterocycles. The van der Waals surface area contributed by atoms with Gasteiger partial charge in [-0.2, -0.15) is 0 Å². The van der Waals surface area contributed by atoms with Crippen LogP contribution in [-0.2, 0) is 30.4 Å². The maximum atomic E-state index is 14.4. The van der Waals surface area contributed by atoms with E-state index >= 15 is 0 Å². The molecule has 0 aromatic heterocycles. The SMILES string of the molecule is CC(C)[C@H](CO)N1C(=O)[C@@H]2[C@@H]3C(=O)OCCCC/C=C\[C@]3(C)O[C@@]23C=CCN(Cc2ccccc2)C(=O)C13. The normalized spacial score (nSPS) is 34.9. The first-order valence-corrected chi connectivity index (χ1v) is 13.7. The van der Waals surface area contributed by atoms with Gasteiger partial charge in [-0.3, -0.25) is 14.4 Å². The molecule has 1 unspecified atom stereocenters. The Hall–Kier alpha value is -2.97. The van der Waals surface area contributed by atoms with Gasteiger partial charge in [0.15, 0.2) is 0 Å². The Morgan fingerprint density at radius 2 is 1.79 bits per heavy atom. The zero-order valence-electron chi connectivity index (χ0n) is 22.4. The number of aliphatic hydroxyl groups excluding tert-OH is 1. The van der Waals surface area contributed by atoms with Crippen molar-refractivity contribution in [3.05, 3.63) is 60.2 Å². The number of ether oxygens (including phenoxy) is 2. The van der Waals surface area contributed by atoms with Gasteiger partial charge in [-0.25, -0.2) is 0 Å². The van der Waals surface area contributed by atoms with E-state index in [2.05, 4.69) is 0 Å². The fraction of sp³-hybridized carbons (Fsp3) is 0.567. The minimum Gasteiger partial charge on any atom is -0.465 e. The molecule has 204 valence electrons. The molecule has 0 bridgehead atoms. The fourth-order valence-electron chi connectivity index (χ4n) is 6.71. The molecule has 4 aliphatic rings. The second kappa shape index (κ2) is 10.3. The van der Waals surface area contributed by atoms with Crippen molar-refractivity contribution in [2.75, 3.05) is 19.8 Å². The molecule has 8 heteroatoms. The van der Waals surface area contributed by atoms with Crippen LogP contribution in [0.3, 0.4) is 0 Å². The Bertz CT molecular complexity index is 1130. The summed E-state index contributed by atoms with van der Waals surface area (Å²) in [6.07, 6.45) is 10.0. The number of esters is 1.